The number of aliphatic carboxylic acids is 1. The fraction of sp³-hybridized carbons (Fsp3) is 0.647. The molecule has 1 heterocycles. The number of carbonyl (C=O) groups is 1. The fourth-order valence-corrected chi connectivity index (χ4v) is 3.27. The quantitative estimate of drug-likeness (QED) is 0.436. The number of imidazole rings is 1. The van der Waals surface area contributed by atoms with Crippen LogP contribution in [0.4, 0.5) is 0 Å². The lowest BCUT2D eigenvalue weighted by molar-refractivity contribution is -0.151. The van der Waals surface area contributed by atoms with Gasteiger partial charge in [0.2, 0.25) is 0 Å². The summed E-state index contributed by atoms with van der Waals surface area (Å²) < 4.78 is 2.07. The summed E-state index contributed by atoms with van der Waals surface area (Å²) in [4.78, 5) is 19.6. The number of nitrogens with two attached hydrogens (primary N) is 1. The minimum Gasteiger partial charge on any atom is -0.479 e. The molecule has 0 saturated heterocycles. The smallest absolute Gasteiger partial charge is 0.334 e. The van der Waals surface area contributed by atoms with Gasteiger partial charge in [0.05, 0.1) is 6.33 Å². The summed E-state index contributed by atoms with van der Waals surface area (Å²) in [7, 11) is 0. The maximum atomic E-state index is 11.0. The number of rotatable bonds is 8. The Kier molecular flexibility index (Phi) is 7.29. The Balaban J connectivity index is 2.02. The summed E-state index contributed by atoms with van der Waals surface area (Å²) in [5.41, 5.74) is 1.38. The molecule has 6 heteroatoms. The van der Waals surface area contributed by atoms with E-state index in [2.05, 4.69) is 20.5 Å². The first-order valence-electron chi connectivity index (χ1n) is 8.43. The van der Waals surface area contributed by atoms with Crippen LogP contribution in [0.5, 0.6) is 0 Å². The van der Waals surface area contributed by atoms with Crippen molar-refractivity contribution >= 4 is 5.97 Å². The van der Waals surface area contributed by atoms with Crippen LogP contribution < -0.4 is 5.90 Å². The van der Waals surface area contributed by atoms with Gasteiger partial charge in [0, 0.05) is 18.9 Å². The molecule has 0 aliphatic heterocycles. The monoisotopic (exact) mass is 321 g/mol. The van der Waals surface area contributed by atoms with Gasteiger partial charge in [0.25, 0.3) is 0 Å². The van der Waals surface area contributed by atoms with Crippen molar-refractivity contribution in [1.82, 2.24) is 9.55 Å². The third-order valence-corrected chi connectivity index (χ3v) is 4.58. The molecule has 1 aromatic rings. The van der Waals surface area contributed by atoms with Crippen molar-refractivity contribution in [2.24, 2.45) is 11.8 Å². The van der Waals surface area contributed by atoms with E-state index in [1.54, 1.807) is 6.20 Å². The summed E-state index contributed by atoms with van der Waals surface area (Å²) in [5, 5.41) is 8.99. The summed E-state index contributed by atoms with van der Waals surface area (Å²) in [6.45, 7) is 0.825. The number of nitrogens with zero attached hydrogens (tertiary/aromatic N) is 2. The molecule has 1 aliphatic rings. The Labute approximate surface area is 137 Å². The van der Waals surface area contributed by atoms with E-state index in [0.29, 0.717) is 18.8 Å². The minimum absolute atomic E-state index is 0.395. The third-order valence-electron chi connectivity index (χ3n) is 4.58. The molecule has 0 radical (unpaired) electrons. The molecule has 1 aliphatic carbocycles. The molecule has 2 rings (SSSR count). The van der Waals surface area contributed by atoms with E-state index < -0.39 is 12.1 Å². The Hall–Kier alpha value is -1.66. The number of carboxylic acid groups (broad SMARTS) is 1. The van der Waals surface area contributed by atoms with Crippen LogP contribution >= 0.6 is 0 Å². The van der Waals surface area contributed by atoms with Crippen molar-refractivity contribution in [3.63, 3.8) is 0 Å². The highest BCUT2D eigenvalue weighted by molar-refractivity contribution is 5.72. The molecular formula is C17H27N3O3. The molecule has 1 fully saturated rings. The van der Waals surface area contributed by atoms with Gasteiger partial charge in [0.15, 0.2) is 6.10 Å². The Morgan fingerprint density at radius 3 is 2.70 bits per heavy atom. The van der Waals surface area contributed by atoms with Crippen molar-refractivity contribution in [1.29, 1.82) is 0 Å². The van der Waals surface area contributed by atoms with Crippen molar-refractivity contribution in [3.8, 4) is 0 Å². The second-order valence-electron chi connectivity index (χ2n) is 6.24. The van der Waals surface area contributed by atoms with E-state index in [-0.39, 0.29) is 0 Å². The van der Waals surface area contributed by atoms with Crippen molar-refractivity contribution in [2.45, 2.75) is 64.0 Å². The van der Waals surface area contributed by atoms with Crippen LogP contribution in [-0.2, 0) is 16.2 Å². The second kappa shape index (κ2) is 9.47. The zero-order valence-electron chi connectivity index (χ0n) is 13.6. The largest absolute Gasteiger partial charge is 0.479 e. The molecule has 0 spiro atoms. The highest BCUT2D eigenvalue weighted by Crippen LogP contribution is 2.30. The van der Waals surface area contributed by atoms with Crippen LogP contribution in [-0.4, -0.2) is 26.7 Å². The summed E-state index contributed by atoms with van der Waals surface area (Å²) in [6, 6.07) is 0. The van der Waals surface area contributed by atoms with Crippen LogP contribution in [0, 0.1) is 5.92 Å². The molecule has 128 valence electrons. The molecule has 0 bridgehead atoms. The topological polar surface area (TPSA) is 90.4 Å². The number of aromatic nitrogens is 2. The van der Waals surface area contributed by atoms with E-state index >= 15 is 0 Å². The summed E-state index contributed by atoms with van der Waals surface area (Å²) >= 11 is 0. The molecule has 1 saturated carbocycles. The van der Waals surface area contributed by atoms with Crippen molar-refractivity contribution in [2.75, 3.05) is 0 Å². The van der Waals surface area contributed by atoms with Gasteiger partial charge in [0.1, 0.15) is 0 Å². The van der Waals surface area contributed by atoms with Gasteiger partial charge >= 0.3 is 5.97 Å². The van der Waals surface area contributed by atoms with E-state index in [4.69, 9.17) is 11.0 Å². The van der Waals surface area contributed by atoms with Crippen LogP contribution in [0.15, 0.2) is 30.4 Å². The van der Waals surface area contributed by atoms with Crippen LogP contribution in [0.3, 0.4) is 0 Å². The van der Waals surface area contributed by atoms with Gasteiger partial charge in [-0.3, -0.25) is 4.84 Å². The lowest BCUT2D eigenvalue weighted by Gasteiger charge is -2.20. The summed E-state index contributed by atoms with van der Waals surface area (Å²) in [5.74, 6) is 4.63. The first-order chi connectivity index (χ1) is 11.2. The molecule has 0 aromatic carbocycles. The molecule has 0 amide bonds. The number of hydrogen-bond acceptors (Lipinski definition) is 4. The van der Waals surface area contributed by atoms with Crippen LogP contribution in [0.25, 0.3) is 0 Å². The van der Waals surface area contributed by atoms with Crippen molar-refractivity contribution < 1.29 is 14.7 Å². The highest BCUT2D eigenvalue weighted by atomic mass is 16.6. The van der Waals surface area contributed by atoms with Gasteiger partial charge in [-0.1, -0.05) is 37.3 Å². The standard InChI is InChI=1S/C17H27N3O3/c18-23-16(17(21)22)9-5-8-15(12-20-11-10-19-13-20)14-6-3-1-2-4-7-14/h8,10-11,13-14,16H,1-7,9,12,18H2,(H,21,22). The van der Waals surface area contributed by atoms with Gasteiger partial charge in [-0.2, -0.15) is 0 Å². The second-order valence-corrected chi connectivity index (χ2v) is 6.24. The lowest BCUT2D eigenvalue weighted by Crippen LogP contribution is -2.26. The average molecular weight is 321 g/mol. The van der Waals surface area contributed by atoms with Gasteiger partial charge < -0.3 is 9.67 Å². The van der Waals surface area contributed by atoms with E-state index in [1.807, 2.05) is 12.5 Å². The Bertz CT molecular complexity index is 491. The van der Waals surface area contributed by atoms with Crippen LogP contribution in [0.1, 0.15) is 51.4 Å². The van der Waals surface area contributed by atoms with Gasteiger partial charge in [-0.15, -0.1) is 0 Å². The Morgan fingerprint density at radius 2 is 2.13 bits per heavy atom. The SMILES string of the molecule is NOC(CCC=C(Cn1ccnc1)C1CCCCCC1)C(=O)O. The molecule has 23 heavy (non-hydrogen) atoms. The zero-order valence-corrected chi connectivity index (χ0v) is 13.6. The average Bonchev–Trinajstić information content (AvgIpc) is 2.90. The van der Waals surface area contributed by atoms with Gasteiger partial charge in [-0.05, 0) is 31.6 Å². The molecule has 1 atom stereocenters. The molecule has 1 aromatic heterocycles. The number of allylic oxidation sites excluding steroid dienone is 2. The minimum atomic E-state index is -1.01. The predicted molar refractivity (Wildman–Crippen MR) is 87.4 cm³/mol. The first kappa shape index (κ1) is 17.7. The van der Waals surface area contributed by atoms with E-state index in [1.165, 1.54) is 44.1 Å². The van der Waals surface area contributed by atoms with Gasteiger partial charge in [-0.25, -0.2) is 15.7 Å². The number of hydrogen-bond donors (Lipinski definition) is 2. The maximum absolute atomic E-state index is 11.0. The summed E-state index contributed by atoms with van der Waals surface area (Å²) in [6.07, 6.45) is 15.5. The number of carboxylic acids is 1. The zero-order chi connectivity index (χ0) is 16.5. The van der Waals surface area contributed by atoms with Crippen LogP contribution in [0.2, 0.25) is 0 Å². The molecular weight excluding hydrogens is 294 g/mol. The highest BCUT2D eigenvalue weighted by Gasteiger charge is 2.19. The molecule has 3 N–H and O–H groups in total. The maximum Gasteiger partial charge on any atom is 0.334 e. The fourth-order valence-electron chi connectivity index (χ4n) is 3.27. The van der Waals surface area contributed by atoms with E-state index in [9.17, 15) is 4.79 Å². The first-order valence-corrected chi connectivity index (χ1v) is 8.43. The Morgan fingerprint density at radius 1 is 1.39 bits per heavy atom. The van der Waals surface area contributed by atoms with E-state index in [0.717, 1.165) is 6.54 Å². The van der Waals surface area contributed by atoms with Crippen molar-refractivity contribution in [3.05, 3.63) is 30.4 Å². The molecule has 6 nitrogen and oxygen atoms in total. The normalized spacial score (nSPS) is 18.6. The predicted octanol–water partition coefficient (Wildman–Crippen LogP) is 2.90. The lowest BCUT2D eigenvalue weighted by atomic mass is 9.90. The molecule has 1 unspecified atom stereocenters. The third kappa shape index (κ3) is 5.80.